The minimum absolute atomic E-state index is 0.323. The standard InChI is InChI=1S/C18H25N3O4/c1-2-25-18(24)21-13-11-20(12-14-21)17(23)16(22)19-10-6-9-15-7-4-3-5-8-15/h3-5,7-8H,2,6,9-14H2,1H3,(H,19,22). The van der Waals surface area contributed by atoms with Crippen LogP contribution in [0.15, 0.2) is 30.3 Å². The number of piperazine rings is 1. The Kier molecular flexibility index (Phi) is 7.25. The molecule has 0 atom stereocenters. The van der Waals surface area contributed by atoms with Crippen molar-refractivity contribution in [2.75, 3.05) is 39.3 Å². The van der Waals surface area contributed by atoms with Crippen LogP contribution in [0.5, 0.6) is 0 Å². The second kappa shape index (κ2) is 9.66. The van der Waals surface area contributed by atoms with Crippen molar-refractivity contribution in [2.45, 2.75) is 19.8 Å². The van der Waals surface area contributed by atoms with Crippen LogP contribution in [0, 0.1) is 0 Å². The van der Waals surface area contributed by atoms with Gasteiger partial charge in [0.25, 0.3) is 0 Å². The molecule has 1 aliphatic heterocycles. The molecule has 1 fully saturated rings. The van der Waals surface area contributed by atoms with Crippen LogP contribution in [0.3, 0.4) is 0 Å². The van der Waals surface area contributed by atoms with Crippen LogP contribution in [-0.2, 0) is 20.7 Å². The first-order chi connectivity index (χ1) is 12.1. The molecule has 7 nitrogen and oxygen atoms in total. The van der Waals surface area contributed by atoms with Crippen molar-refractivity contribution in [3.8, 4) is 0 Å². The van der Waals surface area contributed by atoms with Crippen molar-refractivity contribution < 1.29 is 19.1 Å². The smallest absolute Gasteiger partial charge is 0.409 e. The number of ether oxygens (including phenoxy) is 1. The molecular formula is C18H25N3O4. The van der Waals surface area contributed by atoms with Crippen LogP contribution < -0.4 is 5.32 Å². The number of hydrogen-bond donors (Lipinski definition) is 1. The predicted molar refractivity (Wildman–Crippen MR) is 92.9 cm³/mol. The fourth-order valence-corrected chi connectivity index (χ4v) is 2.67. The number of carbonyl (C=O) groups excluding carboxylic acids is 3. The Balaban J connectivity index is 1.66. The Labute approximate surface area is 147 Å². The molecule has 7 heteroatoms. The third-order valence-corrected chi connectivity index (χ3v) is 4.06. The number of benzene rings is 1. The van der Waals surface area contributed by atoms with E-state index in [4.69, 9.17) is 4.74 Å². The summed E-state index contributed by atoms with van der Waals surface area (Å²) in [5.74, 6) is -1.12. The van der Waals surface area contributed by atoms with Gasteiger partial charge in [-0.2, -0.15) is 0 Å². The third-order valence-electron chi connectivity index (χ3n) is 4.06. The molecule has 0 aliphatic carbocycles. The lowest BCUT2D eigenvalue weighted by atomic mass is 10.1. The second-order valence-corrected chi connectivity index (χ2v) is 5.82. The molecule has 1 heterocycles. The molecule has 0 saturated carbocycles. The summed E-state index contributed by atoms with van der Waals surface area (Å²) < 4.78 is 4.93. The maximum Gasteiger partial charge on any atom is 0.409 e. The zero-order valence-corrected chi connectivity index (χ0v) is 14.6. The highest BCUT2D eigenvalue weighted by atomic mass is 16.6. The van der Waals surface area contributed by atoms with Crippen molar-refractivity contribution in [1.82, 2.24) is 15.1 Å². The van der Waals surface area contributed by atoms with Gasteiger partial charge in [0.15, 0.2) is 0 Å². The first-order valence-electron chi connectivity index (χ1n) is 8.64. The van der Waals surface area contributed by atoms with Gasteiger partial charge < -0.3 is 19.9 Å². The summed E-state index contributed by atoms with van der Waals surface area (Å²) >= 11 is 0. The van der Waals surface area contributed by atoms with Gasteiger partial charge >= 0.3 is 17.9 Å². The highest BCUT2D eigenvalue weighted by Crippen LogP contribution is 2.05. The number of aryl methyl sites for hydroxylation is 1. The zero-order valence-electron chi connectivity index (χ0n) is 14.6. The second-order valence-electron chi connectivity index (χ2n) is 5.82. The van der Waals surface area contributed by atoms with Gasteiger partial charge in [-0.05, 0) is 25.3 Å². The summed E-state index contributed by atoms with van der Waals surface area (Å²) in [5.41, 5.74) is 1.21. The van der Waals surface area contributed by atoms with Gasteiger partial charge in [-0.15, -0.1) is 0 Å². The summed E-state index contributed by atoms with van der Waals surface area (Å²) in [6.07, 6.45) is 1.26. The van der Waals surface area contributed by atoms with Gasteiger partial charge in [-0.1, -0.05) is 30.3 Å². The first kappa shape index (κ1) is 18.8. The minimum Gasteiger partial charge on any atom is -0.450 e. The largest absolute Gasteiger partial charge is 0.450 e. The summed E-state index contributed by atoms with van der Waals surface area (Å²) in [4.78, 5) is 38.7. The molecule has 0 aromatic heterocycles. The molecule has 0 unspecified atom stereocenters. The average Bonchev–Trinajstić information content (AvgIpc) is 2.65. The maximum atomic E-state index is 12.1. The van der Waals surface area contributed by atoms with Gasteiger partial charge in [0, 0.05) is 32.7 Å². The van der Waals surface area contributed by atoms with Crippen molar-refractivity contribution >= 4 is 17.9 Å². The van der Waals surface area contributed by atoms with Gasteiger partial charge in [-0.25, -0.2) is 4.79 Å². The van der Waals surface area contributed by atoms with Crippen LogP contribution in [0.25, 0.3) is 0 Å². The quantitative estimate of drug-likeness (QED) is 0.637. The van der Waals surface area contributed by atoms with E-state index in [0.717, 1.165) is 12.8 Å². The summed E-state index contributed by atoms with van der Waals surface area (Å²) in [6, 6.07) is 10.00. The van der Waals surface area contributed by atoms with Crippen LogP contribution >= 0.6 is 0 Å². The lowest BCUT2D eigenvalue weighted by molar-refractivity contribution is -0.146. The van der Waals surface area contributed by atoms with E-state index in [1.165, 1.54) is 10.5 Å². The molecule has 1 aromatic rings. The Hall–Kier alpha value is -2.57. The number of amides is 3. The van der Waals surface area contributed by atoms with Gasteiger partial charge in [-0.3, -0.25) is 9.59 Å². The molecule has 2 rings (SSSR count). The van der Waals surface area contributed by atoms with E-state index in [1.807, 2.05) is 30.3 Å². The lowest BCUT2D eigenvalue weighted by Gasteiger charge is -2.33. The minimum atomic E-state index is -0.586. The van der Waals surface area contributed by atoms with Crippen LogP contribution in [0.1, 0.15) is 18.9 Å². The van der Waals surface area contributed by atoms with Crippen molar-refractivity contribution in [2.24, 2.45) is 0 Å². The molecule has 1 aromatic carbocycles. The summed E-state index contributed by atoms with van der Waals surface area (Å²) in [5, 5.41) is 2.67. The first-order valence-corrected chi connectivity index (χ1v) is 8.64. The Bertz CT molecular complexity index is 583. The molecule has 25 heavy (non-hydrogen) atoms. The zero-order chi connectivity index (χ0) is 18.1. The van der Waals surface area contributed by atoms with E-state index in [0.29, 0.717) is 39.3 Å². The van der Waals surface area contributed by atoms with Crippen molar-refractivity contribution in [1.29, 1.82) is 0 Å². The molecule has 1 saturated heterocycles. The number of rotatable bonds is 5. The molecule has 1 N–H and O–H groups in total. The van der Waals surface area contributed by atoms with E-state index in [-0.39, 0.29) is 6.09 Å². The van der Waals surface area contributed by atoms with Crippen LogP contribution in [0.2, 0.25) is 0 Å². The van der Waals surface area contributed by atoms with Crippen LogP contribution in [0.4, 0.5) is 4.79 Å². The maximum absolute atomic E-state index is 12.1. The van der Waals surface area contributed by atoms with E-state index < -0.39 is 11.8 Å². The van der Waals surface area contributed by atoms with Gasteiger partial charge in [0.2, 0.25) is 0 Å². The highest BCUT2D eigenvalue weighted by molar-refractivity contribution is 6.35. The summed E-state index contributed by atoms with van der Waals surface area (Å²) in [6.45, 7) is 3.98. The van der Waals surface area contributed by atoms with E-state index in [2.05, 4.69) is 5.32 Å². The number of nitrogens with zero attached hydrogens (tertiary/aromatic N) is 2. The number of carbonyl (C=O) groups is 3. The van der Waals surface area contributed by atoms with E-state index in [9.17, 15) is 14.4 Å². The van der Waals surface area contributed by atoms with E-state index >= 15 is 0 Å². The molecule has 0 radical (unpaired) electrons. The van der Waals surface area contributed by atoms with Gasteiger partial charge in [0.05, 0.1) is 6.61 Å². The fraction of sp³-hybridized carbons (Fsp3) is 0.500. The van der Waals surface area contributed by atoms with Crippen LogP contribution in [-0.4, -0.2) is 67.0 Å². The normalized spacial score (nSPS) is 14.1. The molecular weight excluding hydrogens is 322 g/mol. The Morgan fingerprint density at radius 1 is 1.04 bits per heavy atom. The molecule has 136 valence electrons. The van der Waals surface area contributed by atoms with Gasteiger partial charge in [0.1, 0.15) is 0 Å². The van der Waals surface area contributed by atoms with E-state index in [1.54, 1.807) is 11.8 Å². The number of nitrogens with one attached hydrogen (secondary N) is 1. The average molecular weight is 347 g/mol. The van der Waals surface area contributed by atoms with Crippen molar-refractivity contribution in [3.05, 3.63) is 35.9 Å². The third kappa shape index (κ3) is 5.77. The molecule has 1 aliphatic rings. The monoisotopic (exact) mass is 347 g/mol. The fourth-order valence-electron chi connectivity index (χ4n) is 2.67. The number of hydrogen-bond acceptors (Lipinski definition) is 4. The van der Waals surface area contributed by atoms with Crippen molar-refractivity contribution in [3.63, 3.8) is 0 Å². The topological polar surface area (TPSA) is 79.0 Å². The Morgan fingerprint density at radius 3 is 2.32 bits per heavy atom. The highest BCUT2D eigenvalue weighted by Gasteiger charge is 2.28. The molecule has 0 bridgehead atoms. The Morgan fingerprint density at radius 2 is 1.68 bits per heavy atom. The molecule has 3 amide bonds. The molecule has 0 spiro atoms. The summed E-state index contributed by atoms with van der Waals surface area (Å²) in [7, 11) is 0. The predicted octanol–water partition coefficient (Wildman–Crippen LogP) is 1.04. The lowest BCUT2D eigenvalue weighted by Crippen LogP contribution is -2.54. The SMILES string of the molecule is CCOC(=O)N1CCN(C(=O)C(=O)NCCCc2ccccc2)CC1.